The van der Waals surface area contributed by atoms with Gasteiger partial charge in [0.25, 0.3) is 5.91 Å². The number of fused-ring (bicyclic) bond motifs is 1. The summed E-state index contributed by atoms with van der Waals surface area (Å²) >= 11 is 0. The van der Waals surface area contributed by atoms with Gasteiger partial charge in [-0.1, -0.05) is 18.2 Å². The Labute approximate surface area is 149 Å². The predicted molar refractivity (Wildman–Crippen MR) is 98.2 cm³/mol. The molecule has 0 unspecified atom stereocenters. The van der Waals surface area contributed by atoms with Crippen LogP contribution in [0.2, 0.25) is 0 Å². The van der Waals surface area contributed by atoms with Crippen LogP contribution in [0.25, 0.3) is 10.8 Å². The normalized spacial score (nSPS) is 10.5. The number of ether oxygens (including phenoxy) is 1. The van der Waals surface area contributed by atoms with Crippen molar-refractivity contribution in [2.24, 2.45) is 0 Å². The van der Waals surface area contributed by atoms with E-state index in [0.29, 0.717) is 22.9 Å². The summed E-state index contributed by atoms with van der Waals surface area (Å²) < 4.78 is 5.84. The standard InChI is InChI=1S/C20H14N4O2/c25-19(15-5-3-11-21-12-15)23-16-7-9-17(10-8-16)26-20-18-6-2-1-4-14(18)13-22-24-20/h1-13H,(H,23,25). The molecular weight excluding hydrogens is 328 g/mol. The number of benzene rings is 2. The quantitative estimate of drug-likeness (QED) is 0.605. The number of carbonyl (C=O) groups excluding carboxylic acids is 1. The van der Waals surface area contributed by atoms with Crippen LogP contribution in [0, 0.1) is 0 Å². The van der Waals surface area contributed by atoms with Crippen LogP contribution in [-0.2, 0) is 0 Å². The van der Waals surface area contributed by atoms with Crippen molar-refractivity contribution in [3.05, 3.63) is 84.8 Å². The van der Waals surface area contributed by atoms with Crippen LogP contribution in [0.3, 0.4) is 0 Å². The molecule has 6 nitrogen and oxygen atoms in total. The molecule has 4 rings (SSSR count). The highest BCUT2D eigenvalue weighted by Crippen LogP contribution is 2.27. The number of hydrogen-bond donors (Lipinski definition) is 1. The molecule has 26 heavy (non-hydrogen) atoms. The third-order valence-corrected chi connectivity index (χ3v) is 3.79. The molecule has 1 N–H and O–H groups in total. The molecule has 126 valence electrons. The van der Waals surface area contributed by atoms with Gasteiger partial charge in [-0.2, -0.15) is 5.10 Å². The maximum Gasteiger partial charge on any atom is 0.257 e. The van der Waals surface area contributed by atoms with Crippen LogP contribution in [0.15, 0.2) is 79.3 Å². The van der Waals surface area contributed by atoms with Crippen molar-refractivity contribution in [2.75, 3.05) is 5.32 Å². The second kappa shape index (κ2) is 6.98. The summed E-state index contributed by atoms with van der Waals surface area (Å²) in [5, 5.41) is 12.7. The number of aromatic nitrogens is 3. The Balaban J connectivity index is 1.50. The Hall–Kier alpha value is -3.80. The molecule has 2 heterocycles. The number of anilines is 1. The van der Waals surface area contributed by atoms with Crippen LogP contribution >= 0.6 is 0 Å². The van der Waals surface area contributed by atoms with Crippen LogP contribution in [0.5, 0.6) is 11.6 Å². The van der Waals surface area contributed by atoms with E-state index in [4.69, 9.17) is 4.74 Å². The molecule has 0 fully saturated rings. The zero-order valence-corrected chi connectivity index (χ0v) is 13.7. The van der Waals surface area contributed by atoms with E-state index in [1.807, 2.05) is 24.3 Å². The monoisotopic (exact) mass is 342 g/mol. The Morgan fingerprint density at radius 3 is 2.58 bits per heavy atom. The van der Waals surface area contributed by atoms with Crippen LogP contribution in [-0.4, -0.2) is 21.1 Å². The summed E-state index contributed by atoms with van der Waals surface area (Å²) in [6, 6.07) is 18.2. The molecule has 2 aromatic heterocycles. The zero-order chi connectivity index (χ0) is 17.8. The van der Waals surface area contributed by atoms with E-state index >= 15 is 0 Å². The first-order chi connectivity index (χ1) is 12.8. The number of carbonyl (C=O) groups is 1. The summed E-state index contributed by atoms with van der Waals surface area (Å²) in [5.74, 6) is 0.831. The minimum absolute atomic E-state index is 0.216. The van der Waals surface area contributed by atoms with Gasteiger partial charge < -0.3 is 10.1 Å². The number of pyridine rings is 1. The number of amides is 1. The fraction of sp³-hybridized carbons (Fsp3) is 0. The summed E-state index contributed by atoms with van der Waals surface area (Å²) in [6.07, 6.45) is 4.84. The highest BCUT2D eigenvalue weighted by atomic mass is 16.5. The van der Waals surface area contributed by atoms with Crippen LogP contribution in [0.1, 0.15) is 10.4 Å². The van der Waals surface area contributed by atoms with E-state index in [1.54, 1.807) is 48.8 Å². The fourth-order valence-corrected chi connectivity index (χ4v) is 2.50. The van der Waals surface area contributed by atoms with Gasteiger partial charge in [0, 0.05) is 28.9 Å². The number of nitrogens with one attached hydrogen (secondary N) is 1. The summed E-state index contributed by atoms with van der Waals surface area (Å²) in [6.45, 7) is 0. The van der Waals surface area contributed by atoms with E-state index in [2.05, 4.69) is 20.5 Å². The fourth-order valence-electron chi connectivity index (χ4n) is 2.50. The lowest BCUT2D eigenvalue weighted by atomic mass is 10.2. The third-order valence-electron chi connectivity index (χ3n) is 3.79. The molecule has 6 heteroatoms. The first-order valence-corrected chi connectivity index (χ1v) is 7.99. The topological polar surface area (TPSA) is 77.0 Å². The van der Waals surface area contributed by atoms with Gasteiger partial charge in [-0.25, -0.2) is 0 Å². The molecule has 0 atom stereocenters. The van der Waals surface area contributed by atoms with E-state index in [-0.39, 0.29) is 5.91 Å². The maximum atomic E-state index is 12.1. The van der Waals surface area contributed by atoms with E-state index in [9.17, 15) is 4.79 Å². The lowest BCUT2D eigenvalue weighted by molar-refractivity contribution is 0.102. The van der Waals surface area contributed by atoms with E-state index in [0.717, 1.165) is 10.8 Å². The van der Waals surface area contributed by atoms with Crippen LogP contribution in [0.4, 0.5) is 5.69 Å². The largest absolute Gasteiger partial charge is 0.437 e. The first kappa shape index (κ1) is 15.7. The van der Waals surface area contributed by atoms with Crippen LogP contribution < -0.4 is 10.1 Å². The van der Waals surface area contributed by atoms with Crippen molar-refractivity contribution in [3.8, 4) is 11.6 Å². The molecule has 0 aliphatic heterocycles. The smallest absolute Gasteiger partial charge is 0.257 e. The lowest BCUT2D eigenvalue weighted by Crippen LogP contribution is -2.11. The predicted octanol–water partition coefficient (Wildman–Crippen LogP) is 4.07. The van der Waals surface area contributed by atoms with E-state index < -0.39 is 0 Å². The molecule has 0 bridgehead atoms. The minimum Gasteiger partial charge on any atom is -0.437 e. The van der Waals surface area contributed by atoms with Gasteiger partial charge in [-0.05, 0) is 42.5 Å². The van der Waals surface area contributed by atoms with Gasteiger partial charge in [0.15, 0.2) is 0 Å². The highest BCUT2D eigenvalue weighted by Gasteiger charge is 2.08. The molecule has 0 saturated carbocycles. The second-order valence-corrected chi connectivity index (χ2v) is 5.56. The van der Waals surface area contributed by atoms with Crippen molar-refractivity contribution >= 4 is 22.4 Å². The summed E-state index contributed by atoms with van der Waals surface area (Å²) in [7, 11) is 0. The van der Waals surface area contributed by atoms with Gasteiger partial charge in [0.1, 0.15) is 5.75 Å². The summed E-state index contributed by atoms with van der Waals surface area (Å²) in [5.41, 5.74) is 1.16. The molecule has 0 saturated heterocycles. The second-order valence-electron chi connectivity index (χ2n) is 5.56. The van der Waals surface area contributed by atoms with Crippen molar-refractivity contribution in [1.29, 1.82) is 0 Å². The van der Waals surface area contributed by atoms with Gasteiger partial charge >= 0.3 is 0 Å². The van der Waals surface area contributed by atoms with Crippen molar-refractivity contribution in [1.82, 2.24) is 15.2 Å². The molecule has 1 amide bonds. The number of hydrogen-bond acceptors (Lipinski definition) is 5. The Morgan fingerprint density at radius 1 is 0.923 bits per heavy atom. The number of nitrogens with zero attached hydrogens (tertiary/aromatic N) is 3. The zero-order valence-electron chi connectivity index (χ0n) is 13.7. The molecule has 4 aromatic rings. The van der Waals surface area contributed by atoms with Gasteiger partial charge in [0.2, 0.25) is 5.88 Å². The SMILES string of the molecule is O=C(Nc1ccc(Oc2nncc3ccccc23)cc1)c1cccnc1. The first-order valence-electron chi connectivity index (χ1n) is 7.99. The van der Waals surface area contributed by atoms with E-state index in [1.165, 1.54) is 6.20 Å². The highest BCUT2D eigenvalue weighted by molar-refractivity contribution is 6.04. The Morgan fingerprint density at radius 2 is 1.77 bits per heavy atom. The van der Waals surface area contributed by atoms with Crippen molar-refractivity contribution in [2.45, 2.75) is 0 Å². The third kappa shape index (κ3) is 3.34. The minimum atomic E-state index is -0.216. The molecule has 0 aliphatic rings. The average Bonchev–Trinajstić information content (AvgIpc) is 2.70. The summed E-state index contributed by atoms with van der Waals surface area (Å²) in [4.78, 5) is 16.1. The molecular formula is C20H14N4O2. The maximum absolute atomic E-state index is 12.1. The lowest BCUT2D eigenvalue weighted by Gasteiger charge is -2.08. The average molecular weight is 342 g/mol. The Kier molecular flexibility index (Phi) is 4.22. The number of rotatable bonds is 4. The molecule has 2 aromatic carbocycles. The van der Waals surface area contributed by atoms with Gasteiger partial charge in [-0.15, -0.1) is 5.10 Å². The van der Waals surface area contributed by atoms with Gasteiger partial charge in [0.05, 0.1) is 11.8 Å². The molecule has 0 radical (unpaired) electrons. The molecule has 0 aliphatic carbocycles. The van der Waals surface area contributed by atoms with Crippen molar-refractivity contribution in [3.63, 3.8) is 0 Å². The Bertz CT molecular complexity index is 1040. The van der Waals surface area contributed by atoms with Gasteiger partial charge in [-0.3, -0.25) is 9.78 Å². The molecule has 0 spiro atoms. The van der Waals surface area contributed by atoms with Crippen molar-refractivity contribution < 1.29 is 9.53 Å².